The Morgan fingerprint density at radius 1 is 0.926 bits per heavy atom. The van der Waals surface area contributed by atoms with Gasteiger partial charge in [0.25, 0.3) is 0 Å². The van der Waals surface area contributed by atoms with Crippen LogP contribution in [0.3, 0.4) is 0 Å². The standard InChI is InChI=1S/C25H34O2/c1-19-13-14-23(24(26)15-19)20(2)16-25(27,17-21-9-5-3-6-10-21)18-22-11-7-4-8-12-22/h3-12,19-20,23-24,26-27H,13-18H2,1-2H3/t19-,20?,23-,24+/m0/s1. The van der Waals surface area contributed by atoms with E-state index in [4.69, 9.17) is 0 Å². The highest BCUT2D eigenvalue weighted by Gasteiger charge is 2.36. The summed E-state index contributed by atoms with van der Waals surface area (Å²) >= 11 is 0. The van der Waals surface area contributed by atoms with Crippen LogP contribution in [0.2, 0.25) is 0 Å². The number of rotatable bonds is 7. The van der Waals surface area contributed by atoms with E-state index in [1.54, 1.807) is 0 Å². The van der Waals surface area contributed by atoms with Crippen LogP contribution < -0.4 is 0 Å². The summed E-state index contributed by atoms with van der Waals surface area (Å²) in [6.07, 6.45) is 4.91. The fraction of sp³-hybridized carbons (Fsp3) is 0.520. The highest BCUT2D eigenvalue weighted by molar-refractivity contribution is 5.21. The molecule has 0 amide bonds. The molecule has 0 saturated heterocycles. The zero-order chi connectivity index (χ0) is 19.3. The maximum absolute atomic E-state index is 11.7. The van der Waals surface area contributed by atoms with Crippen LogP contribution >= 0.6 is 0 Å². The van der Waals surface area contributed by atoms with Crippen LogP contribution in [0.1, 0.15) is 50.7 Å². The summed E-state index contributed by atoms with van der Waals surface area (Å²) in [5.41, 5.74) is 1.53. The summed E-state index contributed by atoms with van der Waals surface area (Å²) in [5, 5.41) is 22.3. The van der Waals surface area contributed by atoms with Crippen molar-refractivity contribution in [3.05, 3.63) is 71.8 Å². The fourth-order valence-electron chi connectivity index (χ4n) is 4.95. The van der Waals surface area contributed by atoms with Crippen molar-refractivity contribution >= 4 is 0 Å². The van der Waals surface area contributed by atoms with Gasteiger partial charge >= 0.3 is 0 Å². The van der Waals surface area contributed by atoms with Crippen LogP contribution in [-0.2, 0) is 12.8 Å². The summed E-state index contributed by atoms with van der Waals surface area (Å²) in [6, 6.07) is 20.6. The number of benzene rings is 2. The number of hydrogen-bond donors (Lipinski definition) is 2. The summed E-state index contributed by atoms with van der Waals surface area (Å²) in [5.74, 6) is 1.19. The predicted octanol–water partition coefficient (Wildman–Crippen LogP) is 5.03. The Bertz CT molecular complexity index is 640. The molecule has 2 heteroatoms. The second kappa shape index (κ2) is 9.03. The van der Waals surface area contributed by atoms with Gasteiger partial charge < -0.3 is 10.2 Å². The summed E-state index contributed by atoms with van der Waals surface area (Å²) in [7, 11) is 0. The van der Waals surface area contributed by atoms with E-state index in [0.29, 0.717) is 37.0 Å². The summed E-state index contributed by atoms with van der Waals surface area (Å²) < 4.78 is 0. The first kappa shape index (κ1) is 20.1. The van der Waals surface area contributed by atoms with Gasteiger partial charge in [0.1, 0.15) is 0 Å². The van der Waals surface area contributed by atoms with Crippen LogP contribution in [0.25, 0.3) is 0 Å². The molecule has 1 unspecified atom stereocenters. The van der Waals surface area contributed by atoms with Crippen molar-refractivity contribution in [3.8, 4) is 0 Å². The SMILES string of the molecule is CC(CC(O)(Cc1ccccc1)Cc1ccccc1)[C@@H]1CC[C@H](C)C[C@H]1O. The van der Waals surface area contributed by atoms with E-state index in [1.807, 2.05) is 36.4 Å². The van der Waals surface area contributed by atoms with Crippen LogP contribution in [0, 0.1) is 17.8 Å². The first-order valence-corrected chi connectivity index (χ1v) is 10.4. The molecule has 2 N–H and O–H groups in total. The van der Waals surface area contributed by atoms with Gasteiger partial charge in [0, 0.05) is 12.8 Å². The van der Waals surface area contributed by atoms with E-state index >= 15 is 0 Å². The molecule has 2 nitrogen and oxygen atoms in total. The Labute approximate surface area is 164 Å². The molecule has 0 heterocycles. The van der Waals surface area contributed by atoms with E-state index in [1.165, 1.54) is 17.5 Å². The van der Waals surface area contributed by atoms with Crippen molar-refractivity contribution in [1.29, 1.82) is 0 Å². The molecule has 0 spiro atoms. The van der Waals surface area contributed by atoms with Gasteiger partial charge in [-0.3, -0.25) is 0 Å². The van der Waals surface area contributed by atoms with Crippen molar-refractivity contribution in [2.45, 2.75) is 64.1 Å². The highest BCUT2D eigenvalue weighted by Crippen LogP contribution is 2.38. The lowest BCUT2D eigenvalue weighted by atomic mass is 9.70. The molecule has 2 aromatic carbocycles. The molecule has 2 aromatic rings. The third kappa shape index (κ3) is 5.67. The number of aliphatic hydroxyl groups excluding tert-OH is 1. The minimum absolute atomic E-state index is 0.235. The molecule has 0 bridgehead atoms. The molecule has 1 saturated carbocycles. The normalized spacial score (nSPS) is 24.5. The smallest absolute Gasteiger partial charge is 0.0730 e. The Balaban J connectivity index is 1.76. The molecule has 1 fully saturated rings. The summed E-state index contributed by atoms with van der Waals surface area (Å²) in [4.78, 5) is 0. The first-order valence-electron chi connectivity index (χ1n) is 10.4. The maximum atomic E-state index is 11.7. The van der Waals surface area contributed by atoms with Crippen molar-refractivity contribution in [1.82, 2.24) is 0 Å². The number of hydrogen-bond acceptors (Lipinski definition) is 2. The van der Waals surface area contributed by atoms with Gasteiger partial charge in [-0.15, -0.1) is 0 Å². The predicted molar refractivity (Wildman–Crippen MR) is 112 cm³/mol. The quantitative estimate of drug-likeness (QED) is 0.722. The maximum Gasteiger partial charge on any atom is 0.0730 e. The lowest BCUT2D eigenvalue weighted by Crippen LogP contribution is -2.41. The second-order valence-electron chi connectivity index (χ2n) is 8.88. The molecule has 1 aliphatic carbocycles. The second-order valence-corrected chi connectivity index (χ2v) is 8.88. The first-order chi connectivity index (χ1) is 13.0. The topological polar surface area (TPSA) is 40.5 Å². The molecule has 146 valence electrons. The van der Waals surface area contributed by atoms with Crippen molar-refractivity contribution in [2.24, 2.45) is 17.8 Å². The molecule has 4 atom stereocenters. The number of aliphatic hydroxyl groups is 2. The summed E-state index contributed by atoms with van der Waals surface area (Å²) in [6.45, 7) is 4.44. The molecule has 27 heavy (non-hydrogen) atoms. The highest BCUT2D eigenvalue weighted by atomic mass is 16.3. The Hall–Kier alpha value is -1.64. The van der Waals surface area contributed by atoms with E-state index in [0.717, 1.165) is 12.8 Å². The van der Waals surface area contributed by atoms with Crippen molar-refractivity contribution in [3.63, 3.8) is 0 Å². The minimum atomic E-state index is -0.801. The molecule has 0 radical (unpaired) electrons. The van der Waals surface area contributed by atoms with Gasteiger partial charge in [-0.05, 0) is 48.1 Å². The minimum Gasteiger partial charge on any atom is -0.393 e. The van der Waals surface area contributed by atoms with E-state index in [2.05, 4.69) is 38.1 Å². The molecule has 0 aliphatic heterocycles. The van der Waals surface area contributed by atoms with E-state index in [9.17, 15) is 10.2 Å². The van der Waals surface area contributed by atoms with E-state index in [-0.39, 0.29) is 6.10 Å². The van der Waals surface area contributed by atoms with E-state index < -0.39 is 5.60 Å². The zero-order valence-corrected chi connectivity index (χ0v) is 16.7. The fourth-order valence-corrected chi connectivity index (χ4v) is 4.95. The van der Waals surface area contributed by atoms with Gasteiger partial charge in [-0.1, -0.05) is 80.9 Å². The van der Waals surface area contributed by atoms with Crippen LogP contribution in [0.5, 0.6) is 0 Å². The van der Waals surface area contributed by atoms with Gasteiger partial charge in [-0.25, -0.2) is 0 Å². The zero-order valence-electron chi connectivity index (χ0n) is 16.7. The molecular formula is C25H34O2. The lowest BCUT2D eigenvalue weighted by molar-refractivity contribution is -0.0260. The average Bonchev–Trinajstić information content (AvgIpc) is 2.62. The van der Waals surface area contributed by atoms with Gasteiger partial charge in [0.15, 0.2) is 0 Å². The van der Waals surface area contributed by atoms with Crippen LogP contribution in [-0.4, -0.2) is 21.9 Å². The third-order valence-corrected chi connectivity index (χ3v) is 6.32. The third-order valence-electron chi connectivity index (χ3n) is 6.32. The molecule has 3 rings (SSSR count). The van der Waals surface area contributed by atoms with Crippen molar-refractivity contribution < 1.29 is 10.2 Å². The van der Waals surface area contributed by atoms with Gasteiger partial charge in [-0.2, -0.15) is 0 Å². The Kier molecular flexibility index (Phi) is 6.73. The van der Waals surface area contributed by atoms with Crippen LogP contribution in [0.4, 0.5) is 0 Å². The molecule has 0 aromatic heterocycles. The molecule has 1 aliphatic rings. The van der Waals surface area contributed by atoms with Gasteiger partial charge in [0.2, 0.25) is 0 Å². The average molecular weight is 367 g/mol. The lowest BCUT2D eigenvalue weighted by Gasteiger charge is -2.39. The Morgan fingerprint density at radius 2 is 1.44 bits per heavy atom. The Morgan fingerprint density at radius 3 is 1.93 bits per heavy atom. The van der Waals surface area contributed by atoms with Crippen molar-refractivity contribution in [2.75, 3.05) is 0 Å². The largest absolute Gasteiger partial charge is 0.393 e. The van der Waals surface area contributed by atoms with Crippen LogP contribution in [0.15, 0.2) is 60.7 Å². The van der Waals surface area contributed by atoms with Gasteiger partial charge in [0.05, 0.1) is 11.7 Å². The molecular weight excluding hydrogens is 332 g/mol. The monoisotopic (exact) mass is 366 g/mol.